The molecule has 82 valence electrons. The van der Waals surface area contributed by atoms with Gasteiger partial charge < -0.3 is 15.2 Å². The first kappa shape index (κ1) is 10.7. The number of hydrogen-bond donors (Lipinski definition) is 2. The van der Waals surface area contributed by atoms with E-state index >= 15 is 0 Å². The quantitative estimate of drug-likeness (QED) is 0.771. The molecule has 1 unspecified atom stereocenters. The van der Waals surface area contributed by atoms with Gasteiger partial charge in [0, 0.05) is 18.7 Å². The van der Waals surface area contributed by atoms with Gasteiger partial charge in [-0.3, -0.25) is 0 Å². The molecule has 1 aliphatic rings. The van der Waals surface area contributed by atoms with Crippen LogP contribution < -0.4 is 5.32 Å². The number of hydrogen-bond acceptors (Lipinski definition) is 3. The van der Waals surface area contributed by atoms with Crippen molar-refractivity contribution in [3.8, 4) is 5.75 Å². The molecule has 0 radical (unpaired) electrons. The summed E-state index contributed by atoms with van der Waals surface area (Å²) in [7, 11) is 0. The zero-order valence-electron chi connectivity index (χ0n) is 8.59. The normalized spacial score (nSPS) is 21.6. The second-order valence-electron chi connectivity index (χ2n) is 3.69. The van der Waals surface area contributed by atoms with Crippen molar-refractivity contribution < 1.29 is 9.84 Å². The first-order valence-electron chi connectivity index (χ1n) is 5.00. The van der Waals surface area contributed by atoms with Gasteiger partial charge in [-0.1, -0.05) is 17.7 Å². The Hall–Kier alpha value is -0.770. The first-order chi connectivity index (χ1) is 7.20. The van der Waals surface area contributed by atoms with Gasteiger partial charge in [0.05, 0.1) is 17.7 Å². The molecule has 1 fully saturated rings. The molecule has 0 spiro atoms. The van der Waals surface area contributed by atoms with Crippen molar-refractivity contribution in [2.75, 3.05) is 19.7 Å². The molecule has 0 amide bonds. The fourth-order valence-electron chi connectivity index (χ4n) is 1.84. The van der Waals surface area contributed by atoms with E-state index in [-0.39, 0.29) is 11.9 Å². The molecule has 2 N–H and O–H groups in total. The number of halogens is 1. The summed E-state index contributed by atoms with van der Waals surface area (Å²) < 4.78 is 5.60. The number of benzene rings is 1. The van der Waals surface area contributed by atoms with Crippen molar-refractivity contribution >= 4 is 11.6 Å². The van der Waals surface area contributed by atoms with Gasteiger partial charge in [-0.25, -0.2) is 0 Å². The van der Waals surface area contributed by atoms with Gasteiger partial charge in [-0.15, -0.1) is 0 Å². The summed E-state index contributed by atoms with van der Waals surface area (Å²) in [5.41, 5.74) is 1.81. The summed E-state index contributed by atoms with van der Waals surface area (Å²) in [6.45, 7) is 4.19. The molecule has 1 saturated heterocycles. The van der Waals surface area contributed by atoms with Crippen LogP contribution in [0.15, 0.2) is 12.1 Å². The molecule has 3 nitrogen and oxygen atoms in total. The highest BCUT2D eigenvalue weighted by Gasteiger charge is 2.22. The zero-order valence-corrected chi connectivity index (χ0v) is 9.34. The van der Waals surface area contributed by atoms with Gasteiger partial charge in [0.25, 0.3) is 0 Å². The van der Waals surface area contributed by atoms with Crippen LogP contribution in [0, 0.1) is 6.92 Å². The average Bonchev–Trinajstić information content (AvgIpc) is 2.26. The zero-order chi connectivity index (χ0) is 10.8. The number of aromatic hydroxyl groups is 1. The van der Waals surface area contributed by atoms with Gasteiger partial charge in [0.2, 0.25) is 0 Å². The van der Waals surface area contributed by atoms with Gasteiger partial charge in [-0.05, 0) is 18.6 Å². The first-order valence-corrected chi connectivity index (χ1v) is 5.38. The van der Waals surface area contributed by atoms with Crippen LogP contribution in [0.5, 0.6) is 5.75 Å². The van der Waals surface area contributed by atoms with E-state index in [2.05, 4.69) is 5.32 Å². The van der Waals surface area contributed by atoms with Crippen molar-refractivity contribution in [3.63, 3.8) is 0 Å². The van der Waals surface area contributed by atoms with E-state index in [1.54, 1.807) is 6.07 Å². The monoisotopic (exact) mass is 227 g/mol. The Morgan fingerprint density at radius 1 is 1.53 bits per heavy atom. The van der Waals surface area contributed by atoms with E-state index in [1.165, 1.54) is 0 Å². The van der Waals surface area contributed by atoms with Crippen LogP contribution in [-0.4, -0.2) is 24.8 Å². The number of aryl methyl sites for hydroxylation is 1. The van der Waals surface area contributed by atoms with Crippen molar-refractivity contribution in [3.05, 3.63) is 28.3 Å². The standard InChI is InChI=1S/C11H14ClNO2/c1-7-2-3-8(12)11(14)10(7)9-6-13-4-5-15-9/h2-3,9,13-14H,4-6H2,1H3. The smallest absolute Gasteiger partial charge is 0.140 e. The van der Waals surface area contributed by atoms with Crippen LogP contribution in [0.25, 0.3) is 0 Å². The Kier molecular flexibility index (Phi) is 3.14. The minimum absolute atomic E-state index is 0.0996. The number of phenols is 1. The molecule has 1 aliphatic heterocycles. The van der Waals surface area contributed by atoms with E-state index in [4.69, 9.17) is 16.3 Å². The van der Waals surface area contributed by atoms with E-state index in [0.29, 0.717) is 11.6 Å². The highest BCUT2D eigenvalue weighted by atomic mass is 35.5. The summed E-state index contributed by atoms with van der Waals surface area (Å²) >= 11 is 5.88. The summed E-state index contributed by atoms with van der Waals surface area (Å²) in [6, 6.07) is 3.60. The number of phenolic OH excluding ortho intramolecular Hbond substituents is 1. The third-order valence-electron chi connectivity index (χ3n) is 2.64. The van der Waals surface area contributed by atoms with E-state index in [0.717, 1.165) is 24.2 Å². The average molecular weight is 228 g/mol. The molecule has 1 aromatic carbocycles. The largest absolute Gasteiger partial charge is 0.506 e. The van der Waals surface area contributed by atoms with Crippen LogP contribution in [0.1, 0.15) is 17.2 Å². The minimum atomic E-state index is -0.0996. The van der Waals surface area contributed by atoms with Gasteiger partial charge >= 0.3 is 0 Å². The maximum atomic E-state index is 9.89. The maximum Gasteiger partial charge on any atom is 0.140 e. The molecule has 0 aliphatic carbocycles. The third kappa shape index (κ3) is 2.09. The minimum Gasteiger partial charge on any atom is -0.506 e. The van der Waals surface area contributed by atoms with Gasteiger partial charge in [-0.2, -0.15) is 0 Å². The maximum absolute atomic E-state index is 9.89. The van der Waals surface area contributed by atoms with Crippen molar-refractivity contribution in [2.24, 2.45) is 0 Å². The Balaban J connectivity index is 2.36. The van der Waals surface area contributed by atoms with Crippen molar-refractivity contribution in [1.29, 1.82) is 0 Å². The lowest BCUT2D eigenvalue weighted by Gasteiger charge is -2.26. The van der Waals surface area contributed by atoms with Crippen molar-refractivity contribution in [2.45, 2.75) is 13.0 Å². The molecular weight excluding hydrogens is 214 g/mol. The third-order valence-corrected chi connectivity index (χ3v) is 2.94. The second kappa shape index (κ2) is 4.39. The summed E-state index contributed by atoms with van der Waals surface area (Å²) in [5.74, 6) is 0.144. The van der Waals surface area contributed by atoms with E-state index in [9.17, 15) is 5.11 Å². The molecule has 4 heteroatoms. The Morgan fingerprint density at radius 3 is 3.00 bits per heavy atom. The molecule has 1 atom stereocenters. The van der Waals surface area contributed by atoms with Gasteiger partial charge in [0.1, 0.15) is 5.75 Å². The second-order valence-corrected chi connectivity index (χ2v) is 4.10. The molecule has 0 aromatic heterocycles. The lowest BCUT2D eigenvalue weighted by molar-refractivity contribution is 0.0259. The molecule has 0 bridgehead atoms. The predicted molar refractivity (Wildman–Crippen MR) is 59.4 cm³/mol. The summed E-state index contributed by atoms with van der Waals surface area (Å²) in [6.07, 6.45) is -0.0996. The Bertz CT molecular complexity index is 362. The molecular formula is C11H14ClNO2. The van der Waals surface area contributed by atoms with Crippen LogP contribution in [0.4, 0.5) is 0 Å². The SMILES string of the molecule is Cc1ccc(Cl)c(O)c1C1CNCCO1. The van der Waals surface area contributed by atoms with Crippen LogP contribution >= 0.6 is 11.6 Å². The fourth-order valence-corrected chi connectivity index (χ4v) is 2.00. The summed E-state index contributed by atoms with van der Waals surface area (Å²) in [5, 5.41) is 13.5. The number of nitrogens with one attached hydrogen (secondary N) is 1. The highest BCUT2D eigenvalue weighted by Crippen LogP contribution is 2.35. The van der Waals surface area contributed by atoms with Crippen LogP contribution in [0.2, 0.25) is 5.02 Å². The lowest BCUT2D eigenvalue weighted by Crippen LogP contribution is -2.33. The number of morpholine rings is 1. The fraction of sp³-hybridized carbons (Fsp3) is 0.455. The van der Waals surface area contributed by atoms with E-state index in [1.807, 2.05) is 13.0 Å². The van der Waals surface area contributed by atoms with Crippen molar-refractivity contribution in [1.82, 2.24) is 5.32 Å². The number of ether oxygens (including phenoxy) is 1. The van der Waals surface area contributed by atoms with Crippen LogP contribution in [0.3, 0.4) is 0 Å². The number of rotatable bonds is 1. The summed E-state index contributed by atoms with van der Waals surface area (Å²) in [4.78, 5) is 0. The Morgan fingerprint density at radius 2 is 2.33 bits per heavy atom. The molecule has 1 heterocycles. The highest BCUT2D eigenvalue weighted by molar-refractivity contribution is 6.32. The lowest BCUT2D eigenvalue weighted by atomic mass is 10.0. The van der Waals surface area contributed by atoms with E-state index < -0.39 is 0 Å². The predicted octanol–water partition coefficient (Wildman–Crippen LogP) is 2.01. The molecule has 0 saturated carbocycles. The Labute approximate surface area is 94.0 Å². The van der Waals surface area contributed by atoms with Gasteiger partial charge in [0.15, 0.2) is 0 Å². The molecule has 2 rings (SSSR count). The topological polar surface area (TPSA) is 41.5 Å². The molecule has 1 aromatic rings. The molecule has 15 heavy (non-hydrogen) atoms. The van der Waals surface area contributed by atoms with Crippen LogP contribution in [-0.2, 0) is 4.74 Å².